The third-order valence-electron chi connectivity index (χ3n) is 11.1. The maximum Gasteiger partial charge on any atom is 0.328 e. The minimum absolute atomic E-state index is 0.0405. The maximum absolute atomic E-state index is 14.0. The molecule has 2 N–H and O–H groups in total. The van der Waals surface area contributed by atoms with E-state index in [0.717, 1.165) is 60.9 Å². The first-order valence-corrected chi connectivity index (χ1v) is 18.3. The summed E-state index contributed by atoms with van der Waals surface area (Å²) in [6.45, 7) is 4.23. The second-order valence-corrected chi connectivity index (χ2v) is 14.3. The number of carbonyl (C=O) groups excluding carboxylic acids is 2. The van der Waals surface area contributed by atoms with Gasteiger partial charge in [-0.3, -0.25) is 9.59 Å². The molecule has 1 aromatic heterocycles. The number of ether oxygens (including phenoxy) is 2. The van der Waals surface area contributed by atoms with Crippen molar-refractivity contribution in [3.05, 3.63) is 82.9 Å². The fourth-order valence-electron chi connectivity index (χ4n) is 8.31. The average molecular weight is 690 g/mol. The predicted octanol–water partition coefficient (Wildman–Crippen LogP) is 7.78. The van der Waals surface area contributed by atoms with E-state index >= 15 is 0 Å². The van der Waals surface area contributed by atoms with Crippen molar-refractivity contribution in [2.45, 2.75) is 82.7 Å². The number of amides is 1. The van der Waals surface area contributed by atoms with E-state index < -0.39 is 11.5 Å². The Balaban J connectivity index is 1.21. The van der Waals surface area contributed by atoms with Gasteiger partial charge < -0.3 is 29.4 Å². The summed E-state index contributed by atoms with van der Waals surface area (Å²) < 4.78 is 13.8. The van der Waals surface area contributed by atoms with E-state index in [1.165, 1.54) is 54.7 Å². The van der Waals surface area contributed by atoms with Crippen molar-refractivity contribution in [1.82, 2.24) is 9.88 Å². The summed E-state index contributed by atoms with van der Waals surface area (Å²) >= 11 is 0. The number of ketones is 1. The van der Waals surface area contributed by atoms with Gasteiger partial charge in [-0.1, -0.05) is 37.5 Å². The average Bonchev–Trinajstić information content (AvgIpc) is 3.37. The number of likely N-dealkylation sites (N-methyl/N-ethyl adjacent to an activating group) is 1. The van der Waals surface area contributed by atoms with E-state index in [0.29, 0.717) is 42.2 Å². The number of fused-ring (bicyclic) bond motifs is 5. The van der Waals surface area contributed by atoms with Crippen molar-refractivity contribution in [1.29, 1.82) is 0 Å². The lowest BCUT2D eigenvalue weighted by atomic mass is 9.72. The molecule has 0 unspecified atom stereocenters. The normalized spacial score (nSPS) is 17.0. The predicted molar refractivity (Wildman–Crippen MR) is 200 cm³/mol. The van der Waals surface area contributed by atoms with Gasteiger partial charge in [-0.05, 0) is 92.5 Å². The molecular weight excluding hydrogens is 642 g/mol. The quantitative estimate of drug-likeness (QED) is 0.155. The number of hydrogen-bond acceptors (Lipinski definition) is 6. The molecule has 0 spiro atoms. The molecule has 0 radical (unpaired) electrons. The lowest BCUT2D eigenvalue weighted by Gasteiger charge is -2.41. The molecule has 2 saturated carbocycles. The molecule has 51 heavy (non-hydrogen) atoms. The summed E-state index contributed by atoms with van der Waals surface area (Å²) in [6.07, 6.45) is 10.7. The van der Waals surface area contributed by atoms with Crippen molar-refractivity contribution in [2.24, 2.45) is 0 Å². The molecule has 3 aromatic carbocycles. The van der Waals surface area contributed by atoms with Gasteiger partial charge in [0.25, 0.3) is 5.91 Å². The van der Waals surface area contributed by atoms with Crippen LogP contribution in [0.5, 0.6) is 11.5 Å². The van der Waals surface area contributed by atoms with Gasteiger partial charge in [0.15, 0.2) is 5.78 Å². The lowest BCUT2D eigenvalue weighted by Crippen LogP contribution is -2.59. The van der Waals surface area contributed by atoms with Crippen molar-refractivity contribution in [3.8, 4) is 22.8 Å². The Kier molecular flexibility index (Phi) is 9.64. The number of aromatic nitrogens is 1. The number of Topliss-reactive ketones (excluding diaryl/α,β-unsaturated/α-hetero) is 1. The minimum Gasteiger partial charge on any atom is -0.496 e. The van der Waals surface area contributed by atoms with Gasteiger partial charge in [-0.25, -0.2) is 4.79 Å². The Bertz CT molecular complexity index is 2020. The number of carboxylic acid groups (broad SMARTS) is 1. The first-order chi connectivity index (χ1) is 24.7. The molecule has 3 aliphatic rings. The fraction of sp³-hybridized carbons (Fsp3) is 0.405. The van der Waals surface area contributed by atoms with Crippen LogP contribution in [0.2, 0.25) is 0 Å². The topological polar surface area (TPSA) is 110 Å². The van der Waals surface area contributed by atoms with Crippen LogP contribution in [0.3, 0.4) is 0 Å². The summed E-state index contributed by atoms with van der Waals surface area (Å²) in [7, 11) is 3.65. The van der Waals surface area contributed by atoms with E-state index in [4.69, 9.17) is 14.6 Å². The smallest absolute Gasteiger partial charge is 0.328 e. The zero-order valence-corrected chi connectivity index (χ0v) is 29.8. The van der Waals surface area contributed by atoms with Crippen LogP contribution in [0.1, 0.15) is 91.3 Å². The number of nitrogens with one attached hydrogen (secondary N) is 1. The molecule has 4 aromatic rings. The Morgan fingerprint density at radius 2 is 1.78 bits per heavy atom. The van der Waals surface area contributed by atoms with E-state index in [-0.39, 0.29) is 18.1 Å². The van der Waals surface area contributed by atoms with Crippen LogP contribution >= 0.6 is 0 Å². The zero-order valence-electron chi connectivity index (χ0n) is 29.8. The van der Waals surface area contributed by atoms with Crippen molar-refractivity contribution < 1.29 is 29.0 Å². The summed E-state index contributed by atoms with van der Waals surface area (Å²) in [6, 6.07) is 17.8. The van der Waals surface area contributed by atoms with Crippen LogP contribution in [0.25, 0.3) is 28.2 Å². The Morgan fingerprint density at radius 1 is 0.980 bits per heavy atom. The molecule has 9 heteroatoms. The molecule has 266 valence electrons. The molecular formula is C42H47N3O6. The van der Waals surface area contributed by atoms with Gasteiger partial charge in [-0.2, -0.15) is 0 Å². The molecule has 2 fully saturated rings. The standard InChI is InChI=1S/C42H47N3O6/c1-4-51-31-15-17-33-34(26-31)44(2)21-22-45-35-25-30(13-16-32(35)39(40(33)45)29-9-6-5-7-10-29)41(49)43-42(19-8-20-42)37(46)24-27-11-12-28(14-18-38(47)48)36(23-27)50-3/h11-18,23,25-26,29H,4-10,19-22,24H2,1-3H3,(H,43,49)(H,47,48)/b18-14+. The van der Waals surface area contributed by atoms with Gasteiger partial charge in [0.05, 0.1) is 24.9 Å². The number of aliphatic carboxylic acids is 1. The SMILES string of the molecule is CCOc1ccc2c(c1)N(C)CCn1c-2c(C2CCCCC2)c2ccc(C(=O)NC3(C(=O)Cc4ccc(/C=C/C(=O)O)c(OC)c4)CCC3)cc21. The Hall–Kier alpha value is -5.05. The first kappa shape index (κ1) is 34.4. The molecule has 2 aliphatic carbocycles. The van der Waals surface area contributed by atoms with Crippen molar-refractivity contribution in [2.75, 3.05) is 32.2 Å². The van der Waals surface area contributed by atoms with Gasteiger partial charge in [-0.15, -0.1) is 0 Å². The number of hydrogen-bond donors (Lipinski definition) is 2. The molecule has 0 bridgehead atoms. The minimum atomic E-state index is -1.05. The van der Waals surface area contributed by atoms with E-state index in [1.54, 1.807) is 18.2 Å². The number of carbonyl (C=O) groups is 3. The second kappa shape index (κ2) is 14.3. The third kappa shape index (κ3) is 6.62. The molecule has 1 amide bonds. The summed E-state index contributed by atoms with van der Waals surface area (Å²) in [5, 5.41) is 13.4. The number of rotatable bonds is 11. The van der Waals surface area contributed by atoms with Crippen LogP contribution in [0, 0.1) is 0 Å². The maximum atomic E-state index is 14.0. The summed E-state index contributed by atoms with van der Waals surface area (Å²) in [5.74, 6) is 0.483. The van der Waals surface area contributed by atoms with E-state index in [9.17, 15) is 14.4 Å². The summed E-state index contributed by atoms with van der Waals surface area (Å²) in [4.78, 5) is 41.2. The molecule has 1 aliphatic heterocycles. The number of methoxy groups -OCH3 is 1. The largest absolute Gasteiger partial charge is 0.496 e. The van der Waals surface area contributed by atoms with E-state index in [1.807, 2.05) is 19.1 Å². The number of benzene rings is 3. The zero-order chi connectivity index (χ0) is 35.7. The second-order valence-electron chi connectivity index (χ2n) is 14.3. The number of nitrogens with zero attached hydrogens (tertiary/aromatic N) is 2. The van der Waals surface area contributed by atoms with Crippen LogP contribution in [0.15, 0.2) is 60.7 Å². The van der Waals surface area contributed by atoms with E-state index in [2.05, 4.69) is 46.1 Å². The van der Waals surface area contributed by atoms with Crippen LogP contribution in [-0.4, -0.2) is 60.2 Å². The monoisotopic (exact) mass is 689 g/mol. The van der Waals surface area contributed by atoms with Crippen LogP contribution in [0.4, 0.5) is 5.69 Å². The first-order valence-electron chi connectivity index (χ1n) is 18.3. The van der Waals surface area contributed by atoms with Gasteiger partial charge in [0.1, 0.15) is 11.5 Å². The molecule has 0 saturated heterocycles. The van der Waals surface area contributed by atoms with Crippen LogP contribution < -0.4 is 19.7 Å². The highest BCUT2D eigenvalue weighted by molar-refractivity contribution is 6.04. The Labute approximate surface area is 299 Å². The highest BCUT2D eigenvalue weighted by atomic mass is 16.5. The molecule has 2 heterocycles. The lowest BCUT2D eigenvalue weighted by molar-refractivity contribution is -0.131. The third-order valence-corrected chi connectivity index (χ3v) is 11.1. The Morgan fingerprint density at radius 3 is 2.49 bits per heavy atom. The highest BCUT2D eigenvalue weighted by Gasteiger charge is 2.45. The number of anilines is 1. The number of carboxylic acids is 1. The molecule has 9 nitrogen and oxygen atoms in total. The van der Waals surface area contributed by atoms with Crippen LogP contribution in [-0.2, 0) is 22.6 Å². The highest BCUT2D eigenvalue weighted by Crippen LogP contribution is 2.48. The molecule has 0 atom stereocenters. The molecule has 7 rings (SSSR count). The van der Waals surface area contributed by atoms with Gasteiger partial charge >= 0.3 is 5.97 Å². The van der Waals surface area contributed by atoms with Crippen molar-refractivity contribution in [3.63, 3.8) is 0 Å². The van der Waals surface area contributed by atoms with Crippen molar-refractivity contribution >= 4 is 40.3 Å². The van der Waals surface area contributed by atoms with Gasteiger partial charge in [0.2, 0.25) is 0 Å². The summed E-state index contributed by atoms with van der Waals surface area (Å²) in [5.41, 5.74) is 7.04. The fourth-order valence-corrected chi connectivity index (χ4v) is 8.31. The van der Waals surface area contributed by atoms with Gasteiger partial charge in [0, 0.05) is 72.0 Å².